The fraction of sp³-hybridized carbons (Fsp3) is 0.0385. The molecule has 0 amide bonds. The smallest absolute Gasteiger partial charge is 0.344 e. The fourth-order valence-electron chi connectivity index (χ4n) is 4.10. The monoisotopic (exact) mass is 550 g/mol. The summed E-state index contributed by atoms with van der Waals surface area (Å²) in [6.07, 6.45) is 0. The Labute approximate surface area is 200 Å². The summed E-state index contributed by atoms with van der Waals surface area (Å²) in [5.74, 6) is 1.90. The molecule has 3 heterocycles. The van der Waals surface area contributed by atoms with Crippen LogP contribution in [0, 0.1) is 3.57 Å². The first-order chi connectivity index (χ1) is 15.7. The minimum atomic E-state index is -0.366. The van der Waals surface area contributed by atoms with Crippen LogP contribution in [0.5, 0.6) is 5.75 Å². The molecule has 0 bridgehead atoms. The van der Waals surface area contributed by atoms with Crippen molar-refractivity contribution >= 4 is 65.8 Å². The normalized spacial score (nSPS) is 11.6. The molecule has 156 valence electrons. The number of methoxy groups -OCH3 is 1. The zero-order chi connectivity index (χ0) is 21.8. The molecule has 0 aliphatic heterocycles. The maximum Gasteiger partial charge on any atom is 0.344 e. The highest BCUT2D eigenvalue weighted by Gasteiger charge is 2.25. The van der Waals surface area contributed by atoms with E-state index in [-0.39, 0.29) is 5.63 Å². The average Bonchev–Trinajstić information content (AvgIpc) is 3.42. The second-order valence-electron chi connectivity index (χ2n) is 7.39. The number of halogens is 1. The van der Waals surface area contributed by atoms with Gasteiger partial charge in [0, 0.05) is 31.8 Å². The Morgan fingerprint density at radius 1 is 0.844 bits per heavy atom. The van der Waals surface area contributed by atoms with Crippen LogP contribution in [0.3, 0.4) is 0 Å². The van der Waals surface area contributed by atoms with Crippen molar-refractivity contribution in [2.24, 2.45) is 0 Å². The minimum absolute atomic E-state index is 0.366. The van der Waals surface area contributed by atoms with E-state index < -0.39 is 0 Å². The Morgan fingerprint density at radius 2 is 1.59 bits per heavy atom. The molecule has 0 unspecified atom stereocenters. The highest BCUT2D eigenvalue weighted by molar-refractivity contribution is 14.1. The molecule has 3 aromatic heterocycles. The van der Waals surface area contributed by atoms with E-state index in [1.807, 2.05) is 48.5 Å². The lowest BCUT2D eigenvalue weighted by Gasteiger charge is -2.08. The second-order valence-corrected chi connectivity index (χ2v) is 9.38. The summed E-state index contributed by atoms with van der Waals surface area (Å²) < 4.78 is 19.8. The van der Waals surface area contributed by atoms with E-state index >= 15 is 0 Å². The number of furan rings is 1. The molecule has 0 aliphatic rings. The van der Waals surface area contributed by atoms with Gasteiger partial charge in [-0.2, -0.15) is 0 Å². The molecule has 3 aromatic carbocycles. The van der Waals surface area contributed by atoms with Crippen LogP contribution >= 0.6 is 33.9 Å². The molecule has 32 heavy (non-hydrogen) atoms. The number of ether oxygens (including phenoxy) is 1. The van der Waals surface area contributed by atoms with Gasteiger partial charge in [-0.25, -0.2) is 4.79 Å². The summed E-state index contributed by atoms with van der Waals surface area (Å²) in [6.45, 7) is 0. The lowest BCUT2D eigenvalue weighted by Crippen LogP contribution is -2.03. The molecule has 6 aromatic rings. The highest BCUT2D eigenvalue weighted by atomic mass is 127. The van der Waals surface area contributed by atoms with Gasteiger partial charge in [0.15, 0.2) is 5.76 Å². The van der Waals surface area contributed by atoms with Gasteiger partial charge in [-0.05, 0) is 52.9 Å². The van der Waals surface area contributed by atoms with Crippen molar-refractivity contribution in [2.75, 3.05) is 7.11 Å². The van der Waals surface area contributed by atoms with Crippen molar-refractivity contribution in [1.29, 1.82) is 0 Å². The van der Waals surface area contributed by atoms with Crippen LogP contribution in [0.1, 0.15) is 0 Å². The van der Waals surface area contributed by atoms with E-state index in [0.29, 0.717) is 28.2 Å². The van der Waals surface area contributed by atoms with E-state index in [1.54, 1.807) is 24.5 Å². The van der Waals surface area contributed by atoms with Crippen molar-refractivity contribution in [3.63, 3.8) is 0 Å². The Kier molecular flexibility index (Phi) is 4.58. The van der Waals surface area contributed by atoms with E-state index in [9.17, 15) is 4.79 Å². The minimum Gasteiger partial charge on any atom is -0.497 e. The molecule has 0 fully saturated rings. The van der Waals surface area contributed by atoms with Crippen molar-refractivity contribution < 1.29 is 13.6 Å². The van der Waals surface area contributed by atoms with Crippen LogP contribution < -0.4 is 10.4 Å². The van der Waals surface area contributed by atoms with Crippen LogP contribution in [0.15, 0.2) is 85.7 Å². The summed E-state index contributed by atoms with van der Waals surface area (Å²) in [4.78, 5) is 12.9. The average molecular weight is 550 g/mol. The third-order valence-corrected chi connectivity index (χ3v) is 7.66. The standard InChI is InChI=1S/C26H15IO4S/c1-29-14-10-11-20-18(12-14)22(24(30-20)19-13-32-21-9-5-4-6-15(19)21)25-23(27)16-7-2-3-8-17(16)26(28)31-25/h2-13H,1H3. The second kappa shape index (κ2) is 7.50. The number of benzene rings is 3. The van der Waals surface area contributed by atoms with Gasteiger partial charge >= 0.3 is 5.63 Å². The third-order valence-electron chi connectivity index (χ3n) is 5.63. The van der Waals surface area contributed by atoms with Gasteiger partial charge in [-0.3, -0.25) is 0 Å². The zero-order valence-corrected chi connectivity index (χ0v) is 19.8. The van der Waals surface area contributed by atoms with Gasteiger partial charge in [0.25, 0.3) is 0 Å². The first-order valence-corrected chi connectivity index (χ1v) is 11.9. The number of thiophene rings is 1. The number of fused-ring (bicyclic) bond motifs is 3. The largest absolute Gasteiger partial charge is 0.497 e. The Bertz CT molecular complexity index is 1710. The lowest BCUT2D eigenvalue weighted by atomic mass is 10.0. The predicted molar refractivity (Wildman–Crippen MR) is 138 cm³/mol. The van der Waals surface area contributed by atoms with Crippen molar-refractivity contribution in [1.82, 2.24) is 0 Å². The molecule has 0 atom stereocenters. The van der Waals surface area contributed by atoms with E-state index in [4.69, 9.17) is 13.6 Å². The molecule has 4 nitrogen and oxygen atoms in total. The van der Waals surface area contributed by atoms with Gasteiger partial charge in [0.05, 0.1) is 21.6 Å². The summed E-state index contributed by atoms with van der Waals surface area (Å²) >= 11 is 3.92. The third kappa shape index (κ3) is 2.90. The Hall–Kier alpha value is -3.10. The number of rotatable bonds is 3. The summed E-state index contributed by atoms with van der Waals surface area (Å²) in [5, 5.41) is 5.45. The summed E-state index contributed by atoms with van der Waals surface area (Å²) in [6, 6.07) is 21.4. The Balaban J connectivity index is 1.77. The molecule has 0 N–H and O–H groups in total. The topological polar surface area (TPSA) is 52.6 Å². The summed E-state index contributed by atoms with van der Waals surface area (Å²) in [5.41, 5.74) is 2.07. The van der Waals surface area contributed by atoms with E-state index in [1.165, 1.54) is 4.70 Å². The molecule has 0 radical (unpaired) electrons. The van der Waals surface area contributed by atoms with Crippen LogP contribution in [0.2, 0.25) is 0 Å². The fourth-order valence-corrected chi connectivity index (χ4v) is 5.89. The van der Waals surface area contributed by atoms with Crippen LogP contribution in [-0.2, 0) is 0 Å². The first-order valence-electron chi connectivity index (χ1n) is 9.94. The van der Waals surface area contributed by atoms with Gasteiger partial charge in [0.1, 0.15) is 17.1 Å². The van der Waals surface area contributed by atoms with Crippen LogP contribution in [0.25, 0.3) is 54.5 Å². The van der Waals surface area contributed by atoms with E-state index in [0.717, 1.165) is 30.9 Å². The van der Waals surface area contributed by atoms with Crippen LogP contribution in [-0.4, -0.2) is 7.11 Å². The Morgan fingerprint density at radius 3 is 2.41 bits per heavy atom. The maximum atomic E-state index is 12.9. The lowest BCUT2D eigenvalue weighted by molar-refractivity contribution is 0.415. The number of hydrogen-bond acceptors (Lipinski definition) is 5. The molecule has 6 heteroatoms. The number of hydrogen-bond donors (Lipinski definition) is 0. The van der Waals surface area contributed by atoms with Gasteiger partial charge in [-0.1, -0.05) is 36.4 Å². The molecule has 0 aliphatic carbocycles. The van der Waals surface area contributed by atoms with Gasteiger partial charge in [0.2, 0.25) is 0 Å². The highest BCUT2D eigenvalue weighted by Crippen LogP contribution is 2.46. The zero-order valence-electron chi connectivity index (χ0n) is 16.8. The van der Waals surface area contributed by atoms with Gasteiger partial charge < -0.3 is 13.6 Å². The van der Waals surface area contributed by atoms with Crippen molar-refractivity contribution in [2.45, 2.75) is 0 Å². The molecule has 0 saturated heterocycles. The van der Waals surface area contributed by atoms with E-state index in [2.05, 4.69) is 40.1 Å². The molecular formula is C26H15IO4S. The first kappa shape index (κ1) is 19.6. The molecular weight excluding hydrogens is 535 g/mol. The van der Waals surface area contributed by atoms with Crippen LogP contribution in [0.4, 0.5) is 0 Å². The van der Waals surface area contributed by atoms with Crippen molar-refractivity contribution in [3.05, 3.63) is 86.1 Å². The van der Waals surface area contributed by atoms with Crippen molar-refractivity contribution in [3.8, 4) is 28.4 Å². The predicted octanol–water partition coefficient (Wildman–Crippen LogP) is 7.70. The quantitative estimate of drug-likeness (QED) is 0.212. The maximum absolute atomic E-state index is 12.9. The van der Waals surface area contributed by atoms with Gasteiger partial charge in [-0.15, -0.1) is 11.3 Å². The summed E-state index contributed by atoms with van der Waals surface area (Å²) in [7, 11) is 1.63. The molecule has 0 spiro atoms. The molecule has 6 rings (SSSR count). The SMILES string of the molecule is COc1ccc2oc(-c3csc4ccccc34)c(-c3oc(=O)c4ccccc4c3I)c2c1. The molecule has 0 saturated carbocycles.